The second-order valence-electron chi connectivity index (χ2n) is 4.40. The van der Waals surface area contributed by atoms with Gasteiger partial charge in [-0.05, 0) is 6.42 Å². The molecule has 104 valence electrons. The average Bonchev–Trinajstić information content (AvgIpc) is 2.34. The molecule has 0 aliphatic rings. The van der Waals surface area contributed by atoms with E-state index in [1.165, 1.54) is 51.4 Å². The van der Waals surface area contributed by atoms with Gasteiger partial charge >= 0.3 is 0 Å². The van der Waals surface area contributed by atoms with Crippen molar-refractivity contribution in [1.29, 1.82) is 0 Å². The van der Waals surface area contributed by atoms with E-state index in [0.29, 0.717) is 6.42 Å². The quantitative estimate of drug-likeness (QED) is 0.520. The number of rotatable bonds is 11. The van der Waals surface area contributed by atoms with Crippen molar-refractivity contribution in [2.24, 2.45) is 5.73 Å². The van der Waals surface area contributed by atoms with E-state index in [4.69, 9.17) is 5.73 Å². The van der Waals surface area contributed by atoms with E-state index in [9.17, 15) is 4.79 Å². The molecule has 0 rings (SSSR count). The summed E-state index contributed by atoms with van der Waals surface area (Å²) >= 11 is 0. The Kier molecular flexibility index (Phi) is 19.8. The standard InChI is InChI=1S/C13H27NO.C2H6/c1-2-3-4-5-6-7-8-9-10-11-12-13(14)15;1-2/h2-12H2,1H3,(H2,14,15);1-2H3. The van der Waals surface area contributed by atoms with Crippen molar-refractivity contribution in [2.75, 3.05) is 0 Å². The summed E-state index contributed by atoms with van der Waals surface area (Å²) in [6.45, 7) is 6.25. The molecule has 0 aromatic carbocycles. The van der Waals surface area contributed by atoms with Gasteiger partial charge in [0, 0.05) is 6.42 Å². The van der Waals surface area contributed by atoms with Crippen LogP contribution in [0.2, 0.25) is 0 Å². The predicted molar refractivity (Wildman–Crippen MR) is 77.0 cm³/mol. The van der Waals surface area contributed by atoms with Gasteiger partial charge in [0.1, 0.15) is 0 Å². The van der Waals surface area contributed by atoms with Gasteiger partial charge in [0.2, 0.25) is 5.91 Å². The molecule has 0 aliphatic carbocycles. The number of carbonyl (C=O) groups excluding carboxylic acids is 1. The van der Waals surface area contributed by atoms with Crippen LogP contribution in [-0.2, 0) is 4.79 Å². The van der Waals surface area contributed by atoms with E-state index in [0.717, 1.165) is 12.8 Å². The molecule has 0 radical (unpaired) electrons. The van der Waals surface area contributed by atoms with Crippen LogP contribution in [0.5, 0.6) is 0 Å². The summed E-state index contributed by atoms with van der Waals surface area (Å²) in [4.78, 5) is 10.5. The highest BCUT2D eigenvalue weighted by Crippen LogP contribution is 2.10. The molecule has 0 spiro atoms. The summed E-state index contributed by atoms with van der Waals surface area (Å²) < 4.78 is 0. The first-order chi connectivity index (χ1) is 8.27. The van der Waals surface area contributed by atoms with Crippen LogP contribution in [0.25, 0.3) is 0 Å². The lowest BCUT2D eigenvalue weighted by molar-refractivity contribution is -0.118. The van der Waals surface area contributed by atoms with Crippen LogP contribution in [0.4, 0.5) is 0 Å². The lowest BCUT2D eigenvalue weighted by atomic mass is 10.1. The number of primary amides is 1. The second-order valence-corrected chi connectivity index (χ2v) is 4.40. The molecule has 2 heteroatoms. The molecule has 0 aromatic rings. The zero-order valence-electron chi connectivity index (χ0n) is 12.3. The first-order valence-corrected chi connectivity index (χ1v) is 7.55. The van der Waals surface area contributed by atoms with Crippen molar-refractivity contribution in [2.45, 2.75) is 91.4 Å². The summed E-state index contributed by atoms with van der Waals surface area (Å²) in [6.07, 6.45) is 13.6. The Hall–Kier alpha value is -0.530. The van der Waals surface area contributed by atoms with E-state index in [1.54, 1.807) is 0 Å². The van der Waals surface area contributed by atoms with Gasteiger partial charge in [-0.1, -0.05) is 78.6 Å². The molecule has 1 amide bonds. The minimum atomic E-state index is -0.158. The minimum absolute atomic E-state index is 0.158. The first kappa shape index (κ1) is 18.8. The van der Waals surface area contributed by atoms with Gasteiger partial charge < -0.3 is 5.73 Å². The van der Waals surface area contributed by atoms with Crippen LogP contribution >= 0.6 is 0 Å². The van der Waals surface area contributed by atoms with E-state index >= 15 is 0 Å². The summed E-state index contributed by atoms with van der Waals surface area (Å²) in [5.74, 6) is -0.158. The molecular formula is C15H33NO. The molecule has 17 heavy (non-hydrogen) atoms. The van der Waals surface area contributed by atoms with Gasteiger partial charge in [-0.25, -0.2) is 0 Å². The average molecular weight is 243 g/mol. The molecule has 0 aromatic heterocycles. The Morgan fingerprint density at radius 2 is 1.12 bits per heavy atom. The molecule has 2 N–H and O–H groups in total. The molecule has 0 bridgehead atoms. The monoisotopic (exact) mass is 243 g/mol. The molecule has 0 saturated carbocycles. The number of nitrogens with two attached hydrogens (primary N) is 1. The zero-order valence-corrected chi connectivity index (χ0v) is 12.3. The summed E-state index contributed by atoms with van der Waals surface area (Å²) in [7, 11) is 0. The SMILES string of the molecule is CC.CCCCCCCCCCCCC(N)=O. The van der Waals surface area contributed by atoms with Gasteiger partial charge in [-0.3, -0.25) is 4.79 Å². The smallest absolute Gasteiger partial charge is 0.217 e. The van der Waals surface area contributed by atoms with Crippen LogP contribution in [0, 0.1) is 0 Å². The van der Waals surface area contributed by atoms with Crippen molar-refractivity contribution >= 4 is 5.91 Å². The van der Waals surface area contributed by atoms with E-state index in [2.05, 4.69) is 6.92 Å². The summed E-state index contributed by atoms with van der Waals surface area (Å²) in [5.41, 5.74) is 5.06. The van der Waals surface area contributed by atoms with Crippen LogP contribution < -0.4 is 5.73 Å². The molecule has 0 fully saturated rings. The number of carbonyl (C=O) groups is 1. The van der Waals surface area contributed by atoms with Gasteiger partial charge in [-0.2, -0.15) is 0 Å². The maximum Gasteiger partial charge on any atom is 0.217 e. The molecule has 0 atom stereocenters. The van der Waals surface area contributed by atoms with Crippen LogP contribution in [0.3, 0.4) is 0 Å². The predicted octanol–water partition coefficient (Wildman–Crippen LogP) is 4.81. The lowest BCUT2D eigenvalue weighted by Crippen LogP contribution is -2.09. The fourth-order valence-electron chi connectivity index (χ4n) is 1.79. The largest absolute Gasteiger partial charge is 0.370 e. The topological polar surface area (TPSA) is 43.1 Å². The number of hydrogen-bond donors (Lipinski definition) is 1. The van der Waals surface area contributed by atoms with Crippen molar-refractivity contribution < 1.29 is 4.79 Å². The third kappa shape index (κ3) is 21.3. The highest BCUT2D eigenvalue weighted by molar-refractivity contribution is 5.73. The van der Waals surface area contributed by atoms with Gasteiger partial charge in [-0.15, -0.1) is 0 Å². The van der Waals surface area contributed by atoms with Crippen molar-refractivity contribution in [1.82, 2.24) is 0 Å². The fraction of sp³-hybridized carbons (Fsp3) is 0.933. The zero-order chi connectivity index (χ0) is 13.4. The van der Waals surface area contributed by atoms with Gasteiger partial charge in [0.25, 0.3) is 0 Å². The fourth-order valence-corrected chi connectivity index (χ4v) is 1.79. The van der Waals surface area contributed by atoms with E-state index in [1.807, 2.05) is 13.8 Å². The van der Waals surface area contributed by atoms with E-state index < -0.39 is 0 Å². The maximum atomic E-state index is 10.5. The first-order valence-electron chi connectivity index (χ1n) is 7.55. The highest BCUT2D eigenvalue weighted by atomic mass is 16.1. The summed E-state index contributed by atoms with van der Waals surface area (Å²) in [6, 6.07) is 0. The Morgan fingerprint density at radius 1 is 0.765 bits per heavy atom. The van der Waals surface area contributed by atoms with Crippen LogP contribution in [-0.4, -0.2) is 5.91 Å². The van der Waals surface area contributed by atoms with Crippen LogP contribution in [0.1, 0.15) is 91.4 Å². The molecule has 2 nitrogen and oxygen atoms in total. The maximum absolute atomic E-state index is 10.5. The van der Waals surface area contributed by atoms with Crippen molar-refractivity contribution in [3.05, 3.63) is 0 Å². The third-order valence-electron chi connectivity index (χ3n) is 2.78. The Labute approximate surface area is 108 Å². The van der Waals surface area contributed by atoms with Crippen molar-refractivity contribution in [3.8, 4) is 0 Å². The molecule has 0 unspecified atom stereocenters. The van der Waals surface area contributed by atoms with E-state index in [-0.39, 0.29) is 5.91 Å². The molecular weight excluding hydrogens is 210 g/mol. The third-order valence-corrected chi connectivity index (χ3v) is 2.78. The number of amides is 1. The van der Waals surface area contributed by atoms with Crippen LogP contribution in [0.15, 0.2) is 0 Å². The molecule has 0 aliphatic heterocycles. The Bertz CT molecular complexity index is 146. The second kappa shape index (κ2) is 17.9. The number of hydrogen-bond acceptors (Lipinski definition) is 1. The lowest BCUT2D eigenvalue weighted by Gasteiger charge is -2.01. The summed E-state index contributed by atoms with van der Waals surface area (Å²) in [5, 5.41) is 0. The van der Waals surface area contributed by atoms with Gasteiger partial charge in [0.15, 0.2) is 0 Å². The van der Waals surface area contributed by atoms with Gasteiger partial charge in [0.05, 0.1) is 0 Å². The molecule has 0 heterocycles. The normalized spacial score (nSPS) is 9.59. The Morgan fingerprint density at radius 3 is 1.47 bits per heavy atom. The molecule has 0 saturated heterocycles. The highest BCUT2D eigenvalue weighted by Gasteiger charge is 1.95. The number of unbranched alkanes of at least 4 members (excludes halogenated alkanes) is 9. The minimum Gasteiger partial charge on any atom is -0.370 e. The van der Waals surface area contributed by atoms with Crippen molar-refractivity contribution in [3.63, 3.8) is 0 Å². The Balaban J connectivity index is 0.